The first-order valence-corrected chi connectivity index (χ1v) is 10.4. The van der Waals surface area contributed by atoms with Crippen molar-refractivity contribution in [3.05, 3.63) is 39.8 Å². The number of hydrogen-bond donors (Lipinski definition) is 1. The van der Waals surface area contributed by atoms with Crippen molar-refractivity contribution in [3.63, 3.8) is 0 Å². The van der Waals surface area contributed by atoms with Crippen LogP contribution in [0, 0.1) is 17.2 Å². The second-order valence-electron chi connectivity index (χ2n) is 6.90. The molecule has 0 saturated heterocycles. The van der Waals surface area contributed by atoms with E-state index < -0.39 is 30.7 Å². The fourth-order valence-electron chi connectivity index (χ4n) is 2.93. The molecule has 1 aromatic heterocycles. The zero-order chi connectivity index (χ0) is 21.8. The highest BCUT2D eigenvalue weighted by Crippen LogP contribution is 2.39. The van der Waals surface area contributed by atoms with E-state index in [9.17, 15) is 18.0 Å². The Bertz CT molecular complexity index is 877. The first-order chi connectivity index (χ1) is 13.5. The summed E-state index contributed by atoms with van der Waals surface area (Å²) < 4.78 is 42.4. The Morgan fingerprint density at radius 1 is 1.34 bits per heavy atom. The van der Waals surface area contributed by atoms with Gasteiger partial charge in [0.05, 0.1) is 12.1 Å². The predicted octanol–water partition coefficient (Wildman–Crippen LogP) is 4.90. The fraction of sp³-hybridized carbons (Fsp3) is 0.421. The number of halogens is 4. The molecule has 0 aliphatic heterocycles. The number of amides is 1. The van der Waals surface area contributed by atoms with Crippen molar-refractivity contribution in [2.75, 3.05) is 6.54 Å². The minimum atomic E-state index is -4.77. The number of carbonyl (C=O) groups is 1. The van der Waals surface area contributed by atoms with Crippen LogP contribution in [0.3, 0.4) is 0 Å². The van der Waals surface area contributed by atoms with Crippen molar-refractivity contribution in [1.82, 2.24) is 9.88 Å². The Labute approximate surface area is 179 Å². The van der Waals surface area contributed by atoms with Gasteiger partial charge in [-0.2, -0.15) is 18.4 Å². The van der Waals surface area contributed by atoms with Crippen LogP contribution in [-0.4, -0.2) is 34.6 Å². The van der Waals surface area contributed by atoms with E-state index in [-0.39, 0.29) is 17.9 Å². The van der Waals surface area contributed by atoms with Gasteiger partial charge >= 0.3 is 6.18 Å². The van der Waals surface area contributed by atoms with Gasteiger partial charge in [0.1, 0.15) is 16.2 Å². The number of rotatable bonds is 7. The lowest BCUT2D eigenvalue weighted by molar-refractivity contribution is -0.191. The van der Waals surface area contributed by atoms with Crippen LogP contribution in [0.15, 0.2) is 34.2 Å². The standard InChI is InChI=1S/C19H20BrF3N4OS/c1-11(2)9-14(25)18(28)27(8-7-24)16(19(21,22)23)12-3-5-13(6-4-12)17-26-15(20)10-29-17/h3-6,10-11,14,16H,8-9,25H2,1-2H3/t14-,16-/m0/s1. The van der Waals surface area contributed by atoms with Crippen LogP contribution in [0.2, 0.25) is 0 Å². The Morgan fingerprint density at radius 3 is 2.41 bits per heavy atom. The van der Waals surface area contributed by atoms with E-state index in [0.717, 1.165) is 0 Å². The smallest absolute Gasteiger partial charge is 0.320 e. The number of aromatic nitrogens is 1. The lowest BCUT2D eigenvalue weighted by Gasteiger charge is -2.33. The van der Waals surface area contributed by atoms with E-state index in [1.54, 1.807) is 11.4 Å². The SMILES string of the molecule is CC(C)C[C@H](N)C(=O)N(CC#N)[C@@H](c1ccc(-c2nc(Br)cs2)cc1)C(F)(F)F. The summed E-state index contributed by atoms with van der Waals surface area (Å²) in [6.07, 6.45) is -4.54. The van der Waals surface area contributed by atoms with Crippen molar-refractivity contribution < 1.29 is 18.0 Å². The second kappa shape index (κ2) is 9.69. The molecule has 0 unspecified atom stereocenters. The maximum Gasteiger partial charge on any atom is 0.413 e. The van der Waals surface area contributed by atoms with Crippen LogP contribution in [0.4, 0.5) is 13.2 Å². The zero-order valence-corrected chi connectivity index (χ0v) is 18.2. The molecule has 0 aliphatic rings. The molecule has 2 atom stereocenters. The summed E-state index contributed by atoms with van der Waals surface area (Å²) in [5.74, 6) is -0.866. The number of nitrogens with two attached hydrogens (primary N) is 1. The summed E-state index contributed by atoms with van der Waals surface area (Å²) in [6.45, 7) is 2.92. The van der Waals surface area contributed by atoms with E-state index in [4.69, 9.17) is 11.0 Å². The van der Waals surface area contributed by atoms with Gasteiger partial charge in [-0.15, -0.1) is 11.3 Å². The average Bonchev–Trinajstić information content (AvgIpc) is 3.06. The summed E-state index contributed by atoms with van der Waals surface area (Å²) in [5, 5.41) is 11.5. The van der Waals surface area contributed by atoms with Gasteiger partial charge in [-0.1, -0.05) is 38.1 Å². The molecule has 1 aromatic carbocycles. The number of nitrogens with zero attached hydrogens (tertiary/aromatic N) is 3. The van der Waals surface area contributed by atoms with Gasteiger partial charge in [0.25, 0.3) is 0 Å². The van der Waals surface area contributed by atoms with Crippen LogP contribution >= 0.6 is 27.3 Å². The molecule has 156 valence electrons. The largest absolute Gasteiger partial charge is 0.413 e. The van der Waals surface area contributed by atoms with Gasteiger partial charge < -0.3 is 10.6 Å². The molecular formula is C19H20BrF3N4OS. The molecule has 1 heterocycles. The fourth-order valence-corrected chi connectivity index (χ4v) is 4.19. The molecule has 0 radical (unpaired) electrons. The van der Waals surface area contributed by atoms with Crippen LogP contribution in [0.25, 0.3) is 10.6 Å². The van der Waals surface area contributed by atoms with Crippen molar-refractivity contribution in [2.24, 2.45) is 11.7 Å². The Kier molecular flexibility index (Phi) is 7.80. The lowest BCUT2D eigenvalue weighted by Crippen LogP contribution is -2.49. The second-order valence-corrected chi connectivity index (χ2v) is 8.57. The molecule has 0 saturated carbocycles. The average molecular weight is 489 g/mol. The number of alkyl halides is 3. The quantitative estimate of drug-likeness (QED) is 0.561. The highest BCUT2D eigenvalue weighted by atomic mass is 79.9. The first kappa shape index (κ1) is 23.3. The number of carbonyl (C=O) groups excluding carboxylic acids is 1. The number of benzene rings is 1. The maximum atomic E-state index is 13.9. The molecule has 0 bridgehead atoms. The maximum absolute atomic E-state index is 13.9. The van der Waals surface area contributed by atoms with Crippen molar-refractivity contribution in [1.29, 1.82) is 5.26 Å². The van der Waals surface area contributed by atoms with Crippen LogP contribution in [-0.2, 0) is 4.79 Å². The predicted molar refractivity (Wildman–Crippen MR) is 109 cm³/mol. The Morgan fingerprint density at radius 2 is 1.97 bits per heavy atom. The minimum absolute atomic E-state index is 0.0270. The first-order valence-electron chi connectivity index (χ1n) is 8.75. The third kappa shape index (κ3) is 6.01. The van der Waals surface area contributed by atoms with Gasteiger partial charge in [0.2, 0.25) is 5.91 Å². The molecule has 0 spiro atoms. The van der Waals surface area contributed by atoms with E-state index in [1.807, 2.05) is 13.8 Å². The normalized spacial score (nSPS) is 13.8. The number of nitriles is 1. The number of hydrogen-bond acceptors (Lipinski definition) is 5. The van der Waals surface area contributed by atoms with Crippen LogP contribution in [0.1, 0.15) is 31.9 Å². The molecule has 2 aromatic rings. The van der Waals surface area contributed by atoms with E-state index in [1.165, 1.54) is 35.6 Å². The molecule has 0 aliphatic carbocycles. The van der Waals surface area contributed by atoms with Gasteiger partial charge in [0, 0.05) is 10.9 Å². The molecule has 0 fully saturated rings. The Balaban J connectivity index is 2.40. The highest BCUT2D eigenvalue weighted by molar-refractivity contribution is 9.10. The van der Waals surface area contributed by atoms with E-state index in [2.05, 4.69) is 20.9 Å². The van der Waals surface area contributed by atoms with Crippen LogP contribution in [0.5, 0.6) is 0 Å². The van der Waals surface area contributed by atoms with E-state index in [0.29, 0.717) is 20.1 Å². The summed E-state index contributed by atoms with van der Waals surface area (Å²) in [5.41, 5.74) is 6.34. The molecule has 1 amide bonds. The summed E-state index contributed by atoms with van der Waals surface area (Å²) in [7, 11) is 0. The Hall–Kier alpha value is -1.96. The summed E-state index contributed by atoms with van der Waals surface area (Å²) in [6, 6.07) is 3.92. The van der Waals surface area contributed by atoms with Gasteiger partial charge in [0.15, 0.2) is 6.04 Å². The minimum Gasteiger partial charge on any atom is -0.320 e. The third-order valence-corrected chi connectivity index (χ3v) is 5.74. The summed E-state index contributed by atoms with van der Waals surface area (Å²) >= 11 is 4.59. The molecule has 5 nitrogen and oxygen atoms in total. The zero-order valence-electron chi connectivity index (χ0n) is 15.8. The van der Waals surface area contributed by atoms with Crippen molar-refractivity contribution in [3.8, 4) is 16.6 Å². The van der Waals surface area contributed by atoms with Crippen molar-refractivity contribution >= 4 is 33.2 Å². The van der Waals surface area contributed by atoms with Crippen molar-refractivity contribution in [2.45, 2.75) is 38.5 Å². The van der Waals surface area contributed by atoms with Gasteiger partial charge in [-0.05, 0) is 33.8 Å². The third-order valence-electron chi connectivity index (χ3n) is 4.14. The monoisotopic (exact) mass is 488 g/mol. The van der Waals surface area contributed by atoms with Crippen LogP contribution < -0.4 is 5.73 Å². The lowest BCUT2D eigenvalue weighted by atomic mass is 9.99. The van der Waals surface area contributed by atoms with Gasteiger partial charge in [-0.3, -0.25) is 4.79 Å². The molecule has 10 heteroatoms. The molecule has 2 rings (SSSR count). The molecular weight excluding hydrogens is 469 g/mol. The molecule has 29 heavy (non-hydrogen) atoms. The van der Waals surface area contributed by atoms with Gasteiger partial charge in [-0.25, -0.2) is 4.98 Å². The van der Waals surface area contributed by atoms with E-state index >= 15 is 0 Å². The topological polar surface area (TPSA) is 83.0 Å². The number of thiazole rings is 1. The summed E-state index contributed by atoms with van der Waals surface area (Å²) in [4.78, 5) is 17.4. The molecule has 2 N–H and O–H groups in total. The highest BCUT2D eigenvalue weighted by Gasteiger charge is 2.47.